The SMILES string of the molecule is O=C(NC(=S)NC[C@@H]1CCCO1)c1ccccc1. The van der Waals surface area contributed by atoms with E-state index in [0.29, 0.717) is 17.2 Å². The fourth-order valence-electron chi connectivity index (χ4n) is 1.82. The first-order valence-corrected chi connectivity index (χ1v) is 6.42. The molecule has 1 aliphatic heterocycles. The molecule has 0 unspecified atom stereocenters. The number of benzene rings is 1. The van der Waals surface area contributed by atoms with Gasteiger partial charge in [-0.3, -0.25) is 10.1 Å². The lowest BCUT2D eigenvalue weighted by molar-refractivity contribution is 0.0973. The van der Waals surface area contributed by atoms with E-state index in [2.05, 4.69) is 10.6 Å². The van der Waals surface area contributed by atoms with Crippen molar-refractivity contribution >= 4 is 23.2 Å². The van der Waals surface area contributed by atoms with Gasteiger partial charge in [0, 0.05) is 18.7 Å². The smallest absolute Gasteiger partial charge is 0.257 e. The molecule has 18 heavy (non-hydrogen) atoms. The minimum Gasteiger partial charge on any atom is -0.376 e. The summed E-state index contributed by atoms with van der Waals surface area (Å²) in [6, 6.07) is 9.00. The second-order valence-corrected chi connectivity index (χ2v) is 4.57. The van der Waals surface area contributed by atoms with E-state index < -0.39 is 0 Å². The van der Waals surface area contributed by atoms with Gasteiger partial charge < -0.3 is 10.1 Å². The minimum atomic E-state index is -0.194. The van der Waals surface area contributed by atoms with Crippen LogP contribution in [0.5, 0.6) is 0 Å². The summed E-state index contributed by atoms with van der Waals surface area (Å²) in [7, 11) is 0. The number of hydrogen-bond donors (Lipinski definition) is 2. The van der Waals surface area contributed by atoms with Crippen LogP contribution in [0.1, 0.15) is 23.2 Å². The Hall–Kier alpha value is -1.46. The highest BCUT2D eigenvalue weighted by Crippen LogP contribution is 2.10. The molecule has 0 spiro atoms. The molecular formula is C13H16N2O2S. The van der Waals surface area contributed by atoms with Gasteiger partial charge in [0.15, 0.2) is 5.11 Å². The van der Waals surface area contributed by atoms with Gasteiger partial charge in [0.2, 0.25) is 0 Å². The van der Waals surface area contributed by atoms with Crippen LogP contribution in [0, 0.1) is 0 Å². The number of thiocarbonyl (C=S) groups is 1. The van der Waals surface area contributed by atoms with Crippen molar-refractivity contribution in [1.29, 1.82) is 0 Å². The van der Waals surface area contributed by atoms with Crippen molar-refractivity contribution in [3.63, 3.8) is 0 Å². The number of ether oxygens (including phenoxy) is 1. The Labute approximate surface area is 112 Å². The molecule has 5 heteroatoms. The van der Waals surface area contributed by atoms with Gasteiger partial charge in [-0.2, -0.15) is 0 Å². The molecule has 1 aromatic carbocycles. The third-order valence-electron chi connectivity index (χ3n) is 2.78. The maximum atomic E-state index is 11.8. The molecule has 96 valence electrons. The van der Waals surface area contributed by atoms with E-state index in [1.165, 1.54) is 0 Å². The lowest BCUT2D eigenvalue weighted by Gasteiger charge is -2.13. The van der Waals surface area contributed by atoms with Crippen LogP contribution in [0.4, 0.5) is 0 Å². The Morgan fingerprint density at radius 1 is 1.39 bits per heavy atom. The highest BCUT2D eigenvalue weighted by molar-refractivity contribution is 7.80. The van der Waals surface area contributed by atoms with Gasteiger partial charge in [-0.1, -0.05) is 18.2 Å². The summed E-state index contributed by atoms with van der Waals surface area (Å²) in [5, 5.41) is 5.99. The van der Waals surface area contributed by atoms with E-state index in [-0.39, 0.29) is 12.0 Å². The third-order valence-corrected chi connectivity index (χ3v) is 3.02. The highest BCUT2D eigenvalue weighted by Gasteiger charge is 2.15. The largest absolute Gasteiger partial charge is 0.376 e. The molecule has 1 atom stereocenters. The van der Waals surface area contributed by atoms with Crippen LogP contribution >= 0.6 is 12.2 Å². The number of carbonyl (C=O) groups is 1. The molecule has 0 radical (unpaired) electrons. The van der Waals surface area contributed by atoms with Crippen LogP contribution in [0.25, 0.3) is 0 Å². The molecule has 1 fully saturated rings. The zero-order chi connectivity index (χ0) is 12.8. The van der Waals surface area contributed by atoms with Crippen LogP contribution in [0.15, 0.2) is 30.3 Å². The summed E-state index contributed by atoms with van der Waals surface area (Å²) in [5.74, 6) is -0.194. The fourth-order valence-corrected chi connectivity index (χ4v) is 2.00. The maximum absolute atomic E-state index is 11.8. The molecule has 0 saturated carbocycles. The summed E-state index contributed by atoms with van der Waals surface area (Å²) in [6.07, 6.45) is 2.34. The van der Waals surface area contributed by atoms with E-state index in [9.17, 15) is 4.79 Å². The van der Waals surface area contributed by atoms with Crippen LogP contribution in [0.3, 0.4) is 0 Å². The van der Waals surface area contributed by atoms with E-state index in [4.69, 9.17) is 17.0 Å². The van der Waals surface area contributed by atoms with Gasteiger partial charge in [0.05, 0.1) is 6.10 Å². The summed E-state index contributed by atoms with van der Waals surface area (Å²) >= 11 is 5.07. The maximum Gasteiger partial charge on any atom is 0.257 e. The number of hydrogen-bond acceptors (Lipinski definition) is 3. The molecule has 1 aromatic rings. The fraction of sp³-hybridized carbons (Fsp3) is 0.385. The first-order chi connectivity index (χ1) is 8.75. The Balaban J connectivity index is 1.75. The molecular weight excluding hydrogens is 248 g/mol. The quantitative estimate of drug-likeness (QED) is 0.812. The lowest BCUT2D eigenvalue weighted by atomic mass is 10.2. The molecule has 0 bridgehead atoms. The minimum absolute atomic E-state index is 0.194. The second-order valence-electron chi connectivity index (χ2n) is 4.17. The molecule has 0 aromatic heterocycles. The molecule has 1 saturated heterocycles. The molecule has 4 nitrogen and oxygen atoms in total. The predicted octanol–water partition coefficient (Wildman–Crippen LogP) is 1.47. The normalized spacial score (nSPS) is 18.3. The van der Waals surface area contributed by atoms with Crippen molar-refractivity contribution < 1.29 is 9.53 Å². The average Bonchev–Trinajstić information content (AvgIpc) is 2.90. The number of carbonyl (C=O) groups excluding carboxylic acids is 1. The van der Waals surface area contributed by atoms with Gasteiger partial charge in [0.1, 0.15) is 0 Å². The van der Waals surface area contributed by atoms with Crippen molar-refractivity contribution in [3.8, 4) is 0 Å². The zero-order valence-electron chi connectivity index (χ0n) is 10.0. The van der Waals surface area contributed by atoms with E-state index >= 15 is 0 Å². The Morgan fingerprint density at radius 3 is 2.83 bits per heavy atom. The van der Waals surface area contributed by atoms with Crippen molar-refractivity contribution in [3.05, 3.63) is 35.9 Å². The number of rotatable bonds is 3. The Kier molecular flexibility index (Phi) is 4.66. The standard InChI is InChI=1S/C13H16N2O2S/c16-12(10-5-2-1-3-6-10)15-13(18)14-9-11-7-4-8-17-11/h1-3,5-6,11H,4,7-9H2,(H2,14,15,16,18)/t11-/m0/s1. The van der Waals surface area contributed by atoms with E-state index in [1.807, 2.05) is 18.2 Å². The molecule has 2 N–H and O–H groups in total. The molecule has 1 aliphatic rings. The third kappa shape index (κ3) is 3.78. The van der Waals surface area contributed by atoms with Gasteiger partial charge in [-0.05, 0) is 37.2 Å². The number of amides is 1. The molecule has 1 heterocycles. The average molecular weight is 264 g/mol. The molecule has 1 amide bonds. The van der Waals surface area contributed by atoms with Crippen molar-refractivity contribution in [1.82, 2.24) is 10.6 Å². The lowest BCUT2D eigenvalue weighted by Crippen LogP contribution is -2.42. The summed E-state index contributed by atoms with van der Waals surface area (Å²) in [6.45, 7) is 1.46. The van der Waals surface area contributed by atoms with Crippen LogP contribution in [-0.4, -0.2) is 30.3 Å². The van der Waals surface area contributed by atoms with Gasteiger partial charge in [0.25, 0.3) is 5.91 Å². The van der Waals surface area contributed by atoms with Crippen LogP contribution in [0.2, 0.25) is 0 Å². The van der Waals surface area contributed by atoms with Crippen LogP contribution in [-0.2, 0) is 4.74 Å². The number of nitrogens with one attached hydrogen (secondary N) is 2. The van der Waals surface area contributed by atoms with Crippen molar-refractivity contribution in [2.75, 3.05) is 13.2 Å². The molecule has 0 aliphatic carbocycles. The second kappa shape index (κ2) is 6.47. The topological polar surface area (TPSA) is 50.4 Å². The highest BCUT2D eigenvalue weighted by atomic mass is 32.1. The van der Waals surface area contributed by atoms with Crippen LogP contribution < -0.4 is 10.6 Å². The van der Waals surface area contributed by atoms with Gasteiger partial charge in [-0.25, -0.2) is 0 Å². The molecule has 2 rings (SSSR count). The van der Waals surface area contributed by atoms with Crippen molar-refractivity contribution in [2.24, 2.45) is 0 Å². The van der Waals surface area contributed by atoms with E-state index in [0.717, 1.165) is 19.4 Å². The summed E-state index contributed by atoms with van der Waals surface area (Å²) in [4.78, 5) is 11.8. The monoisotopic (exact) mass is 264 g/mol. The van der Waals surface area contributed by atoms with Crippen molar-refractivity contribution in [2.45, 2.75) is 18.9 Å². The van der Waals surface area contributed by atoms with Gasteiger partial charge in [-0.15, -0.1) is 0 Å². The summed E-state index contributed by atoms with van der Waals surface area (Å²) < 4.78 is 5.46. The Bertz CT molecular complexity index is 416. The van der Waals surface area contributed by atoms with E-state index in [1.54, 1.807) is 12.1 Å². The predicted molar refractivity (Wildman–Crippen MR) is 73.5 cm³/mol. The first kappa shape index (κ1) is 13.0. The first-order valence-electron chi connectivity index (χ1n) is 6.01. The zero-order valence-corrected chi connectivity index (χ0v) is 10.8. The van der Waals surface area contributed by atoms with Gasteiger partial charge >= 0.3 is 0 Å². The summed E-state index contributed by atoms with van der Waals surface area (Å²) in [5.41, 5.74) is 0.596. The Morgan fingerprint density at radius 2 is 2.17 bits per heavy atom.